The number of esters is 1. The lowest BCUT2D eigenvalue weighted by molar-refractivity contribution is -0.138. The van der Waals surface area contributed by atoms with Crippen LogP contribution in [-0.2, 0) is 9.53 Å². The van der Waals surface area contributed by atoms with E-state index in [0.717, 1.165) is 6.07 Å². The zero-order valence-electron chi connectivity index (χ0n) is 9.46. The summed E-state index contributed by atoms with van der Waals surface area (Å²) < 4.78 is 17.9. The topological polar surface area (TPSA) is 65.2 Å². The van der Waals surface area contributed by atoms with Crippen molar-refractivity contribution in [3.05, 3.63) is 27.8 Å². The third kappa shape index (κ3) is 3.52. The summed E-state index contributed by atoms with van der Waals surface area (Å²) in [5, 5.41) is 0. The van der Waals surface area contributed by atoms with E-state index < -0.39 is 11.8 Å². The van der Waals surface area contributed by atoms with Crippen LogP contribution >= 0.6 is 15.9 Å². The molecule has 0 aliphatic carbocycles. The van der Waals surface area contributed by atoms with Gasteiger partial charge in [-0.15, -0.1) is 0 Å². The van der Waals surface area contributed by atoms with Crippen LogP contribution in [0.5, 0.6) is 0 Å². The number of rotatable bonds is 3. The number of nitrogens with two attached hydrogens (primary N) is 1. The Kier molecular flexibility index (Phi) is 4.62. The van der Waals surface area contributed by atoms with Gasteiger partial charge in [0.05, 0.1) is 18.0 Å². The van der Waals surface area contributed by atoms with Gasteiger partial charge in [-0.05, 0) is 35.9 Å². The van der Waals surface area contributed by atoms with E-state index in [1.165, 1.54) is 6.08 Å². The zero-order valence-corrected chi connectivity index (χ0v) is 11.0. The fourth-order valence-corrected chi connectivity index (χ4v) is 1.42. The molecular weight excluding hydrogens is 291 g/mol. The molecule has 0 spiro atoms. The van der Waals surface area contributed by atoms with Crippen LogP contribution < -0.4 is 5.73 Å². The summed E-state index contributed by atoms with van der Waals surface area (Å²) in [6, 6.07) is 1.14. The third-order valence-electron chi connectivity index (χ3n) is 1.94. The van der Waals surface area contributed by atoms with Crippen molar-refractivity contribution in [1.82, 2.24) is 4.98 Å². The van der Waals surface area contributed by atoms with Crippen molar-refractivity contribution in [2.24, 2.45) is 0 Å². The molecule has 2 N–H and O–H groups in total. The minimum absolute atomic E-state index is 0.0506. The van der Waals surface area contributed by atoms with Crippen LogP contribution in [0.1, 0.15) is 19.5 Å². The van der Waals surface area contributed by atoms with Gasteiger partial charge >= 0.3 is 5.97 Å². The Bertz CT molecular complexity index is 475. The Morgan fingerprint density at radius 3 is 2.94 bits per heavy atom. The van der Waals surface area contributed by atoms with E-state index in [1.807, 2.05) is 0 Å². The number of anilines is 1. The average Bonchev–Trinajstić information content (AvgIpc) is 2.26. The first kappa shape index (κ1) is 13.6. The molecule has 1 aromatic heterocycles. The van der Waals surface area contributed by atoms with Gasteiger partial charge in [-0.25, -0.2) is 14.2 Å². The summed E-state index contributed by atoms with van der Waals surface area (Å²) in [6.45, 7) is 3.59. The van der Waals surface area contributed by atoms with Gasteiger partial charge < -0.3 is 10.5 Å². The molecule has 0 fully saturated rings. The summed E-state index contributed by atoms with van der Waals surface area (Å²) in [6.07, 6.45) is 1.46. The summed E-state index contributed by atoms with van der Waals surface area (Å²) in [5.74, 6) is -0.998. The van der Waals surface area contributed by atoms with Gasteiger partial charge in [0.15, 0.2) is 5.82 Å². The van der Waals surface area contributed by atoms with Gasteiger partial charge in [-0.1, -0.05) is 0 Å². The lowest BCUT2D eigenvalue weighted by atomic mass is 10.2. The van der Waals surface area contributed by atoms with Crippen LogP contribution in [0.15, 0.2) is 16.2 Å². The Morgan fingerprint density at radius 1 is 1.71 bits per heavy atom. The van der Waals surface area contributed by atoms with Crippen molar-refractivity contribution < 1.29 is 13.9 Å². The number of aromatic nitrogens is 1. The molecule has 6 heteroatoms. The standard InChI is InChI=1S/C11H12BrFN2O2/c1-3-17-11(16)6(2)4-9-8(14)5-7(13)10(12)15-9/h4-5H,3,14H2,1-2H3. The molecule has 0 aliphatic heterocycles. The minimum Gasteiger partial charge on any atom is -0.463 e. The number of carbonyl (C=O) groups excluding carboxylic acids is 1. The van der Waals surface area contributed by atoms with E-state index in [-0.39, 0.29) is 10.3 Å². The van der Waals surface area contributed by atoms with Gasteiger partial charge in [-0.3, -0.25) is 0 Å². The Morgan fingerprint density at radius 2 is 2.35 bits per heavy atom. The van der Waals surface area contributed by atoms with E-state index in [1.54, 1.807) is 13.8 Å². The Labute approximate surface area is 107 Å². The number of pyridine rings is 1. The largest absolute Gasteiger partial charge is 0.463 e. The van der Waals surface area contributed by atoms with Gasteiger partial charge in [0.1, 0.15) is 4.60 Å². The maximum Gasteiger partial charge on any atom is 0.333 e. The van der Waals surface area contributed by atoms with E-state index in [0.29, 0.717) is 17.9 Å². The number of hydrogen-bond acceptors (Lipinski definition) is 4. The summed E-state index contributed by atoms with van der Waals surface area (Å²) in [7, 11) is 0. The Hall–Kier alpha value is -1.43. The predicted molar refractivity (Wildman–Crippen MR) is 66.6 cm³/mol. The van der Waals surface area contributed by atoms with Crippen molar-refractivity contribution in [2.75, 3.05) is 12.3 Å². The van der Waals surface area contributed by atoms with Crippen molar-refractivity contribution >= 4 is 33.7 Å². The van der Waals surface area contributed by atoms with Gasteiger partial charge in [0.25, 0.3) is 0 Å². The highest BCUT2D eigenvalue weighted by Crippen LogP contribution is 2.20. The Balaban J connectivity index is 3.06. The molecule has 0 radical (unpaired) electrons. The number of hydrogen-bond donors (Lipinski definition) is 1. The number of nitrogen functional groups attached to an aromatic ring is 1. The quantitative estimate of drug-likeness (QED) is 0.529. The van der Waals surface area contributed by atoms with Crippen LogP contribution in [-0.4, -0.2) is 17.6 Å². The summed E-state index contributed by atoms with van der Waals surface area (Å²) in [5.41, 5.74) is 6.43. The molecule has 0 saturated carbocycles. The highest BCUT2D eigenvalue weighted by molar-refractivity contribution is 9.10. The number of ether oxygens (including phenoxy) is 1. The lowest BCUT2D eigenvalue weighted by Crippen LogP contribution is -2.05. The van der Waals surface area contributed by atoms with E-state index in [4.69, 9.17) is 10.5 Å². The van der Waals surface area contributed by atoms with Crippen molar-refractivity contribution in [2.45, 2.75) is 13.8 Å². The molecular formula is C11H12BrFN2O2. The fourth-order valence-electron chi connectivity index (χ4n) is 1.12. The van der Waals surface area contributed by atoms with Gasteiger partial charge in [-0.2, -0.15) is 0 Å². The van der Waals surface area contributed by atoms with Crippen molar-refractivity contribution in [3.8, 4) is 0 Å². The number of carbonyl (C=O) groups is 1. The molecule has 92 valence electrons. The van der Waals surface area contributed by atoms with Crippen LogP contribution in [0.3, 0.4) is 0 Å². The second-order valence-electron chi connectivity index (χ2n) is 3.28. The molecule has 0 bridgehead atoms. The van der Waals surface area contributed by atoms with Crippen molar-refractivity contribution in [3.63, 3.8) is 0 Å². The molecule has 1 heterocycles. The molecule has 17 heavy (non-hydrogen) atoms. The first-order valence-electron chi connectivity index (χ1n) is 4.92. The molecule has 1 aromatic rings. The molecule has 0 aromatic carbocycles. The number of halogens is 2. The first-order chi connectivity index (χ1) is 7.95. The van der Waals surface area contributed by atoms with Gasteiger partial charge in [0, 0.05) is 11.6 Å². The third-order valence-corrected chi connectivity index (χ3v) is 2.50. The molecule has 4 nitrogen and oxygen atoms in total. The number of nitrogens with zero attached hydrogens (tertiary/aromatic N) is 1. The summed E-state index contributed by atoms with van der Waals surface area (Å²) in [4.78, 5) is 15.3. The van der Waals surface area contributed by atoms with Crippen LogP contribution in [0.4, 0.5) is 10.1 Å². The van der Waals surface area contributed by atoms with E-state index in [9.17, 15) is 9.18 Å². The molecule has 0 unspecified atom stereocenters. The summed E-state index contributed by atoms with van der Waals surface area (Å²) >= 11 is 2.95. The van der Waals surface area contributed by atoms with Crippen LogP contribution in [0, 0.1) is 5.82 Å². The highest BCUT2D eigenvalue weighted by atomic mass is 79.9. The van der Waals surface area contributed by atoms with Crippen LogP contribution in [0.2, 0.25) is 0 Å². The van der Waals surface area contributed by atoms with Crippen LogP contribution in [0.25, 0.3) is 6.08 Å². The second-order valence-corrected chi connectivity index (χ2v) is 4.03. The van der Waals surface area contributed by atoms with Gasteiger partial charge in [0.2, 0.25) is 0 Å². The van der Waals surface area contributed by atoms with E-state index >= 15 is 0 Å². The van der Waals surface area contributed by atoms with E-state index in [2.05, 4.69) is 20.9 Å². The average molecular weight is 303 g/mol. The first-order valence-corrected chi connectivity index (χ1v) is 5.72. The fraction of sp³-hybridized carbons (Fsp3) is 0.273. The molecule has 0 aliphatic rings. The highest BCUT2D eigenvalue weighted by Gasteiger charge is 2.09. The predicted octanol–water partition coefficient (Wildman–Crippen LogP) is 2.53. The minimum atomic E-state index is -0.548. The molecule has 0 atom stereocenters. The molecule has 0 saturated heterocycles. The molecule has 0 amide bonds. The monoisotopic (exact) mass is 302 g/mol. The molecule has 1 rings (SSSR count). The normalized spacial score (nSPS) is 11.4. The maximum atomic E-state index is 13.1. The zero-order chi connectivity index (χ0) is 13.0. The SMILES string of the molecule is CCOC(=O)C(C)=Cc1nc(Br)c(F)cc1N. The van der Waals surface area contributed by atoms with Crippen molar-refractivity contribution in [1.29, 1.82) is 0 Å². The lowest BCUT2D eigenvalue weighted by Gasteiger charge is -2.04. The second kappa shape index (κ2) is 5.77. The smallest absolute Gasteiger partial charge is 0.333 e. The maximum absolute atomic E-state index is 13.1.